The molecule has 2 N–H and O–H groups in total. The number of rotatable bonds is 6. The molecule has 0 aliphatic rings. The molecule has 1 rings (SSSR count). The largest absolute Gasteiger partial charge is 0.504 e. The number of methoxy groups -OCH3 is 1. The van der Waals surface area contributed by atoms with Crippen LogP contribution >= 0.6 is 0 Å². The van der Waals surface area contributed by atoms with E-state index in [0.29, 0.717) is 12.4 Å². The van der Waals surface area contributed by atoms with Crippen LogP contribution in [0.3, 0.4) is 0 Å². The van der Waals surface area contributed by atoms with Crippen LogP contribution in [0, 0.1) is 0 Å². The van der Waals surface area contributed by atoms with E-state index in [2.05, 4.69) is 4.89 Å². The topological polar surface area (TPSA) is 68.2 Å². The maximum atomic E-state index is 9.50. The van der Waals surface area contributed by atoms with Gasteiger partial charge in [0.15, 0.2) is 11.5 Å². The fourth-order valence-corrected chi connectivity index (χ4v) is 1.61. The van der Waals surface area contributed by atoms with Crippen molar-refractivity contribution < 1.29 is 24.7 Å². The normalized spacial score (nSPS) is 14.4. The molecule has 0 aliphatic heterocycles. The van der Waals surface area contributed by atoms with Gasteiger partial charge in [-0.25, -0.2) is 4.89 Å². The van der Waals surface area contributed by atoms with Crippen LogP contribution < -0.4 is 4.74 Å². The number of phenolic OH excluding ortho intramolecular Hbond substituents is 1. The van der Waals surface area contributed by atoms with Crippen LogP contribution in [-0.4, -0.2) is 30.2 Å². The van der Waals surface area contributed by atoms with Gasteiger partial charge >= 0.3 is 0 Å². The lowest BCUT2D eigenvalue weighted by molar-refractivity contribution is -0.296. The van der Waals surface area contributed by atoms with E-state index in [1.54, 1.807) is 19.1 Å². The maximum absolute atomic E-state index is 9.50. The van der Waals surface area contributed by atoms with Gasteiger partial charge in [-0.3, -0.25) is 5.26 Å². The molecule has 0 aliphatic carbocycles. The van der Waals surface area contributed by atoms with Gasteiger partial charge in [-0.05, 0) is 31.5 Å². The van der Waals surface area contributed by atoms with E-state index >= 15 is 0 Å². The van der Waals surface area contributed by atoms with Gasteiger partial charge in [0, 0.05) is 6.61 Å². The Kier molecular flexibility index (Phi) is 5.21. The first kappa shape index (κ1) is 13.8. The zero-order valence-electron chi connectivity index (χ0n) is 10.2. The van der Waals surface area contributed by atoms with E-state index < -0.39 is 12.2 Å². The summed E-state index contributed by atoms with van der Waals surface area (Å²) in [6, 6.07) is 4.88. The van der Waals surface area contributed by atoms with Crippen molar-refractivity contribution in [1.29, 1.82) is 0 Å². The first-order chi connectivity index (χ1) is 8.13. The van der Waals surface area contributed by atoms with Crippen molar-refractivity contribution in [2.75, 3.05) is 13.7 Å². The van der Waals surface area contributed by atoms with Gasteiger partial charge < -0.3 is 14.6 Å². The smallest absolute Gasteiger partial charge is 0.160 e. The van der Waals surface area contributed by atoms with Crippen molar-refractivity contribution in [1.82, 2.24) is 0 Å². The molecule has 5 nitrogen and oxygen atoms in total. The fraction of sp³-hybridized carbons (Fsp3) is 0.500. The monoisotopic (exact) mass is 242 g/mol. The molecule has 17 heavy (non-hydrogen) atoms. The second-order valence-corrected chi connectivity index (χ2v) is 3.62. The Morgan fingerprint density at radius 1 is 1.35 bits per heavy atom. The molecule has 5 heteroatoms. The van der Waals surface area contributed by atoms with Crippen LogP contribution in [0.5, 0.6) is 11.5 Å². The van der Waals surface area contributed by atoms with Crippen molar-refractivity contribution in [3.05, 3.63) is 23.8 Å². The highest BCUT2D eigenvalue weighted by atomic mass is 17.1. The molecule has 0 heterocycles. The third-order valence-electron chi connectivity index (χ3n) is 2.47. The Balaban J connectivity index is 3.01. The fourth-order valence-electron chi connectivity index (χ4n) is 1.61. The summed E-state index contributed by atoms with van der Waals surface area (Å²) in [6.07, 6.45) is -0.927. The predicted octanol–water partition coefficient (Wildman–Crippen LogP) is 2.36. The van der Waals surface area contributed by atoms with E-state index in [4.69, 9.17) is 14.7 Å². The second kappa shape index (κ2) is 6.44. The SMILES string of the molecule is CCO[C@@H](c1ccc(O)c(OC)c1)[C@H](C)OO. The number of benzene rings is 1. The summed E-state index contributed by atoms with van der Waals surface area (Å²) in [5.41, 5.74) is 0.767. The van der Waals surface area contributed by atoms with Crippen LogP contribution in [0.25, 0.3) is 0 Å². The van der Waals surface area contributed by atoms with E-state index in [-0.39, 0.29) is 5.75 Å². The Bertz CT molecular complexity index is 353. The second-order valence-electron chi connectivity index (χ2n) is 3.62. The summed E-state index contributed by atoms with van der Waals surface area (Å²) in [7, 11) is 1.47. The van der Waals surface area contributed by atoms with Crippen molar-refractivity contribution in [3.63, 3.8) is 0 Å². The highest BCUT2D eigenvalue weighted by Crippen LogP contribution is 2.32. The van der Waals surface area contributed by atoms with Crippen LogP contribution in [0.15, 0.2) is 18.2 Å². The summed E-state index contributed by atoms with van der Waals surface area (Å²) in [4.78, 5) is 4.29. The molecule has 0 saturated carbocycles. The Morgan fingerprint density at radius 2 is 2.06 bits per heavy atom. The zero-order chi connectivity index (χ0) is 12.8. The summed E-state index contributed by atoms with van der Waals surface area (Å²) >= 11 is 0. The summed E-state index contributed by atoms with van der Waals surface area (Å²) in [5, 5.41) is 18.2. The summed E-state index contributed by atoms with van der Waals surface area (Å²) in [5.74, 6) is 0.418. The first-order valence-electron chi connectivity index (χ1n) is 5.42. The molecule has 0 bridgehead atoms. The highest BCUT2D eigenvalue weighted by molar-refractivity contribution is 5.42. The zero-order valence-corrected chi connectivity index (χ0v) is 10.2. The van der Waals surface area contributed by atoms with Crippen molar-refractivity contribution in [2.24, 2.45) is 0 Å². The molecule has 1 aromatic rings. The highest BCUT2D eigenvalue weighted by Gasteiger charge is 2.21. The van der Waals surface area contributed by atoms with Crippen LogP contribution in [-0.2, 0) is 9.62 Å². The van der Waals surface area contributed by atoms with E-state index in [9.17, 15) is 5.11 Å². The minimum absolute atomic E-state index is 0.0593. The average Bonchev–Trinajstić information content (AvgIpc) is 2.36. The minimum atomic E-state index is -0.510. The number of aromatic hydroxyl groups is 1. The number of hydrogen-bond acceptors (Lipinski definition) is 5. The molecule has 0 aromatic heterocycles. The van der Waals surface area contributed by atoms with Crippen molar-refractivity contribution in [3.8, 4) is 11.5 Å². The number of ether oxygens (including phenoxy) is 2. The molecule has 0 radical (unpaired) electrons. The molecule has 1 aromatic carbocycles. The molecule has 0 amide bonds. The van der Waals surface area contributed by atoms with Crippen LogP contribution in [0.4, 0.5) is 0 Å². The predicted molar refractivity (Wildman–Crippen MR) is 62.2 cm³/mol. The number of phenols is 1. The Labute approximate surface area is 100 Å². The van der Waals surface area contributed by atoms with Crippen LogP contribution in [0.1, 0.15) is 25.5 Å². The quantitative estimate of drug-likeness (QED) is 0.592. The molecule has 0 fully saturated rings. The third-order valence-corrected chi connectivity index (χ3v) is 2.47. The Morgan fingerprint density at radius 3 is 2.59 bits per heavy atom. The molecule has 0 unspecified atom stereocenters. The lowest BCUT2D eigenvalue weighted by Crippen LogP contribution is -2.20. The van der Waals surface area contributed by atoms with Gasteiger partial charge in [0.2, 0.25) is 0 Å². The summed E-state index contributed by atoms with van der Waals surface area (Å²) in [6.45, 7) is 4.04. The number of hydrogen-bond donors (Lipinski definition) is 2. The van der Waals surface area contributed by atoms with E-state index in [0.717, 1.165) is 5.56 Å². The summed E-state index contributed by atoms with van der Waals surface area (Å²) < 4.78 is 10.5. The van der Waals surface area contributed by atoms with Gasteiger partial charge in [-0.1, -0.05) is 6.07 Å². The van der Waals surface area contributed by atoms with Crippen LogP contribution in [0.2, 0.25) is 0 Å². The van der Waals surface area contributed by atoms with E-state index in [1.165, 1.54) is 13.2 Å². The van der Waals surface area contributed by atoms with Crippen molar-refractivity contribution >= 4 is 0 Å². The molecule has 2 atom stereocenters. The maximum Gasteiger partial charge on any atom is 0.160 e. The molecular formula is C12H18O5. The molecular weight excluding hydrogens is 224 g/mol. The van der Waals surface area contributed by atoms with E-state index in [1.807, 2.05) is 6.92 Å². The molecule has 96 valence electrons. The average molecular weight is 242 g/mol. The minimum Gasteiger partial charge on any atom is -0.504 e. The molecule has 0 spiro atoms. The van der Waals surface area contributed by atoms with Gasteiger partial charge in [-0.2, -0.15) is 0 Å². The van der Waals surface area contributed by atoms with Gasteiger partial charge in [-0.15, -0.1) is 0 Å². The lowest BCUT2D eigenvalue weighted by Gasteiger charge is -2.22. The third kappa shape index (κ3) is 3.33. The standard InChI is InChI=1S/C12H18O5/c1-4-16-12(8(2)17-14)9-5-6-10(13)11(7-9)15-3/h5-8,12-14H,4H2,1-3H3/t8-,12+/m0/s1. The van der Waals surface area contributed by atoms with Gasteiger partial charge in [0.05, 0.1) is 7.11 Å². The first-order valence-corrected chi connectivity index (χ1v) is 5.42. The van der Waals surface area contributed by atoms with Crippen molar-refractivity contribution in [2.45, 2.75) is 26.1 Å². The lowest BCUT2D eigenvalue weighted by atomic mass is 10.0. The van der Waals surface area contributed by atoms with Gasteiger partial charge in [0.25, 0.3) is 0 Å². The van der Waals surface area contributed by atoms with Gasteiger partial charge in [0.1, 0.15) is 12.2 Å². The Hall–Kier alpha value is -1.30. The molecule has 0 saturated heterocycles.